The Morgan fingerprint density at radius 1 is 1.06 bits per heavy atom. The van der Waals surface area contributed by atoms with Gasteiger partial charge in [-0.3, -0.25) is 0 Å². The summed E-state index contributed by atoms with van der Waals surface area (Å²) in [6.07, 6.45) is 2.88. The topological polar surface area (TPSA) is 12.0 Å². The molecule has 1 aliphatic rings. The summed E-state index contributed by atoms with van der Waals surface area (Å²) in [5.74, 6) is -0.0989. The summed E-state index contributed by atoms with van der Waals surface area (Å²) >= 11 is 0. The minimum absolute atomic E-state index is 0.0989. The van der Waals surface area contributed by atoms with Gasteiger partial charge in [-0.25, -0.2) is 4.39 Å². The van der Waals surface area contributed by atoms with E-state index in [-0.39, 0.29) is 5.82 Å². The van der Waals surface area contributed by atoms with Crippen molar-refractivity contribution in [3.63, 3.8) is 0 Å². The number of hydrogen-bond donors (Lipinski definition) is 1. The molecule has 1 N–H and O–H groups in total. The monoisotopic (exact) mass is 241 g/mol. The average Bonchev–Trinajstić information content (AvgIpc) is 2.41. The first kappa shape index (κ1) is 11.3. The highest BCUT2D eigenvalue weighted by Gasteiger charge is 2.18. The molecular formula is C16H16FN. The van der Waals surface area contributed by atoms with Gasteiger partial charge >= 0.3 is 0 Å². The van der Waals surface area contributed by atoms with Gasteiger partial charge in [0, 0.05) is 11.7 Å². The Morgan fingerprint density at radius 3 is 2.72 bits per heavy atom. The number of anilines is 1. The Bertz CT molecular complexity index is 550. The SMILES string of the molecule is Fc1ccccc1CC1CCc2ccccc2N1. The molecule has 3 rings (SSSR count). The van der Waals surface area contributed by atoms with Crippen molar-refractivity contribution in [3.8, 4) is 0 Å². The second-order valence-electron chi connectivity index (χ2n) is 4.83. The lowest BCUT2D eigenvalue weighted by Gasteiger charge is -2.27. The Kier molecular flexibility index (Phi) is 3.01. The third-order valence-electron chi connectivity index (χ3n) is 3.56. The predicted octanol–water partition coefficient (Wildman–Crippen LogP) is 3.80. The summed E-state index contributed by atoms with van der Waals surface area (Å²) < 4.78 is 13.6. The molecule has 0 aliphatic carbocycles. The van der Waals surface area contributed by atoms with Crippen molar-refractivity contribution < 1.29 is 4.39 Å². The van der Waals surface area contributed by atoms with Crippen molar-refractivity contribution in [1.29, 1.82) is 0 Å². The van der Waals surface area contributed by atoms with E-state index in [2.05, 4.69) is 23.5 Å². The maximum absolute atomic E-state index is 13.6. The summed E-state index contributed by atoms with van der Waals surface area (Å²) in [7, 11) is 0. The zero-order chi connectivity index (χ0) is 12.4. The van der Waals surface area contributed by atoms with Gasteiger partial charge in [0.05, 0.1) is 0 Å². The lowest BCUT2D eigenvalue weighted by Crippen LogP contribution is -2.27. The van der Waals surface area contributed by atoms with E-state index in [1.54, 1.807) is 6.07 Å². The number of rotatable bonds is 2. The van der Waals surface area contributed by atoms with Crippen LogP contribution in [0.15, 0.2) is 48.5 Å². The molecule has 1 nitrogen and oxygen atoms in total. The van der Waals surface area contributed by atoms with Gasteiger partial charge in [-0.05, 0) is 42.5 Å². The van der Waals surface area contributed by atoms with E-state index < -0.39 is 0 Å². The predicted molar refractivity (Wildman–Crippen MR) is 72.3 cm³/mol. The number of benzene rings is 2. The molecule has 1 atom stereocenters. The van der Waals surface area contributed by atoms with E-state index in [0.717, 1.165) is 24.8 Å². The highest BCUT2D eigenvalue weighted by atomic mass is 19.1. The van der Waals surface area contributed by atoms with Gasteiger partial charge in [0.15, 0.2) is 0 Å². The van der Waals surface area contributed by atoms with Gasteiger partial charge in [0.25, 0.3) is 0 Å². The van der Waals surface area contributed by atoms with Crippen molar-refractivity contribution in [3.05, 3.63) is 65.5 Å². The molecule has 1 unspecified atom stereocenters. The van der Waals surface area contributed by atoms with Crippen LogP contribution >= 0.6 is 0 Å². The molecule has 0 saturated carbocycles. The maximum Gasteiger partial charge on any atom is 0.126 e. The summed E-state index contributed by atoms with van der Waals surface area (Å²) in [5.41, 5.74) is 3.36. The van der Waals surface area contributed by atoms with Crippen molar-refractivity contribution in [2.75, 3.05) is 5.32 Å². The largest absolute Gasteiger partial charge is 0.382 e. The number of hydrogen-bond acceptors (Lipinski definition) is 1. The van der Waals surface area contributed by atoms with Crippen LogP contribution in [-0.2, 0) is 12.8 Å². The molecular weight excluding hydrogens is 225 g/mol. The van der Waals surface area contributed by atoms with Gasteiger partial charge in [-0.2, -0.15) is 0 Å². The summed E-state index contributed by atoms with van der Waals surface area (Å²) in [6.45, 7) is 0. The Labute approximate surface area is 107 Å². The molecule has 1 heterocycles. The molecule has 92 valence electrons. The summed E-state index contributed by atoms with van der Waals surface area (Å²) in [4.78, 5) is 0. The van der Waals surface area contributed by atoms with Crippen molar-refractivity contribution in [2.24, 2.45) is 0 Å². The number of halogens is 1. The number of fused-ring (bicyclic) bond motifs is 1. The number of aryl methyl sites for hydroxylation is 1. The van der Waals surface area contributed by atoms with E-state index >= 15 is 0 Å². The van der Waals surface area contributed by atoms with Gasteiger partial charge in [0.2, 0.25) is 0 Å². The second-order valence-corrected chi connectivity index (χ2v) is 4.83. The van der Waals surface area contributed by atoms with Crippen LogP contribution in [0.1, 0.15) is 17.5 Å². The first-order chi connectivity index (χ1) is 8.83. The lowest BCUT2D eigenvalue weighted by molar-refractivity contribution is 0.576. The zero-order valence-corrected chi connectivity index (χ0v) is 10.2. The third-order valence-corrected chi connectivity index (χ3v) is 3.56. The van der Waals surface area contributed by atoms with E-state index in [1.165, 1.54) is 17.3 Å². The fraction of sp³-hybridized carbons (Fsp3) is 0.250. The molecule has 1 aliphatic heterocycles. The highest BCUT2D eigenvalue weighted by Crippen LogP contribution is 2.26. The van der Waals surface area contributed by atoms with Crippen molar-refractivity contribution >= 4 is 5.69 Å². The van der Waals surface area contributed by atoms with Gasteiger partial charge < -0.3 is 5.32 Å². The minimum atomic E-state index is -0.0989. The van der Waals surface area contributed by atoms with E-state index in [4.69, 9.17) is 0 Å². The minimum Gasteiger partial charge on any atom is -0.382 e. The van der Waals surface area contributed by atoms with Crippen LogP contribution in [0.3, 0.4) is 0 Å². The Balaban J connectivity index is 1.75. The fourth-order valence-electron chi connectivity index (χ4n) is 2.58. The molecule has 0 spiro atoms. The van der Waals surface area contributed by atoms with Crippen LogP contribution in [0, 0.1) is 5.82 Å². The standard InChI is InChI=1S/C16H16FN/c17-15-7-3-1-6-13(15)11-14-10-9-12-5-2-4-8-16(12)18-14/h1-8,14,18H,9-11H2. The smallest absolute Gasteiger partial charge is 0.126 e. The highest BCUT2D eigenvalue weighted by molar-refractivity contribution is 5.53. The van der Waals surface area contributed by atoms with Crippen LogP contribution in [0.5, 0.6) is 0 Å². The number of para-hydroxylation sites is 1. The normalized spacial score (nSPS) is 17.9. The van der Waals surface area contributed by atoms with E-state index in [0.29, 0.717) is 6.04 Å². The molecule has 0 fully saturated rings. The second kappa shape index (κ2) is 4.81. The molecule has 2 aromatic rings. The summed E-state index contributed by atoms with van der Waals surface area (Å²) in [5, 5.41) is 3.51. The summed E-state index contributed by atoms with van der Waals surface area (Å²) in [6, 6.07) is 15.7. The quantitative estimate of drug-likeness (QED) is 0.843. The van der Waals surface area contributed by atoms with Crippen LogP contribution in [0.25, 0.3) is 0 Å². The first-order valence-corrected chi connectivity index (χ1v) is 6.41. The lowest BCUT2D eigenvalue weighted by atomic mass is 9.94. The average molecular weight is 241 g/mol. The van der Waals surface area contributed by atoms with E-state index in [1.807, 2.05) is 18.2 Å². The van der Waals surface area contributed by atoms with Crippen molar-refractivity contribution in [2.45, 2.75) is 25.3 Å². The third kappa shape index (κ3) is 2.23. The van der Waals surface area contributed by atoms with Gasteiger partial charge in [0.1, 0.15) is 5.82 Å². The zero-order valence-electron chi connectivity index (χ0n) is 10.2. The molecule has 2 aromatic carbocycles. The van der Waals surface area contributed by atoms with Crippen LogP contribution < -0.4 is 5.32 Å². The molecule has 18 heavy (non-hydrogen) atoms. The molecule has 0 aromatic heterocycles. The molecule has 0 saturated heterocycles. The van der Waals surface area contributed by atoms with Crippen molar-refractivity contribution in [1.82, 2.24) is 0 Å². The van der Waals surface area contributed by atoms with Crippen LogP contribution in [0.4, 0.5) is 10.1 Å². The molecule has 0 radical (unpaired) electrons. The van der Waals surface area contributed by atoms with E-state index in [9.17, 15) is 4.39 Å². The maximum atomic E-state index is 13.6. The first-order valence-electron chi connectivity index (χ1n) is 6.41. The van der Waals surface area contributed by atoms with Gasteiger partial charge in [-0.1, -0.05) is 36.4 Å². The Hall–Kier alpha value is -1.83. The Morgan fingerprint density at radius 2 is 1.83 bits per heavy atom. The van der Waals surface area contributed by atoms with Crippen LogP contribution in [-0.4, -0.2) is 6.04 Å². The van der Waals surface area contributed by atoms with Crippen LogP contribution in [0.2, 0.25) is 0 Å². The number of nitrogens with one attached hydrogen (secondary N) is 1. The molecule has 0 amide bonds. The molecule has 0 bridgehead atoms. The fourth-order valence-corrected chi connectivity index (χ4v) is 2.58. The molecule has 2 heteroatoms. The van der Waals surface area contributed by atoms with Gasteiger partial charge in [-0.15, -0.1) is 0 Å².